The Morgan fingerprint density at radius 1 is 1.10 bits per heavy atom. The summed E-state index contributed by atoms with van der Waals surface area (Å²) in [6.45, 7) is 8.79. The van der Waals surface area contributed by atoms with Crippen molar-refractivity contribution in [1.29, 1.82) is 0 Å². The van der Waals surface area contributed by atoms with Crippen LogP contribution in [0.5, 0.6) is 0 Å². The Morgan fingerprint density at radius 2 is 1.65 bits per heavy atom. The lowest BCUT2D eigenvalue weighted by atomic mass is 9.73. The van der Waals surface area contributed by atoms with Gasteiger partial charge in [-0.15, -0.1) is 0 Å². The van der Waals surface area contributed by atoms with Crippen LogP contribution in [0.4, 0.5) is 5.69 Å². The zero-order chi connectivity index (χ0) is 14.9. The van der Waals surface area contributed by atoms with Crippen molar-refractivity contribution in [2.24, 2.45) is 17.8 Å². The van der Waals surface area contributed by atoms with E-state index in [1.165, 1.54) is 31.2 Å². The summed E-state index contributed by atoms with van der Waals surface area (Å²) in [6, 6.07) is 6.32. The minimum Gasteiger partial charge on any atom is -0.398 e. The second-order valence-corrected chi connectivity index (χ2v) is 7.09. The van der Waals surface area contributed by atoms with Gasteiger partial charge in [0, 0.05) is 0 Å². The molecule has 2 atom stereocenters. The maximum Gasteiger partial charge on any atom is 0.0638 e. The highest BCUT2D eigenvalue weighted by molar-refractivity contribution is 6.33. The van der Waals surface area contributed by atoms with E-state index in [1.807, 2.05) is 19.9 Å². The smallest absolute Gasteiger partial charge is 0.0638 e. The molecule has 0 amide bonds. The van der Waals surface area contributed by atoms with Gasteiger partial charge in [0.25, 0.3) is 0 Å². The molecule has 0 radical (unpaired) electrons. The highest BCUT2D eigenvalue weighted by Gasteiger charge is 2.51. The molecule has 0 aromatic heterocycles. The molecule has 112 valence electrons. The predicted molar refractivity (Wildman–Crippen MR) is 89.2 cm³/mol. The van der Waals surface area contributed by atoms with Crippen molar-refractivity contribution in [3.05, 3.63) is 28.8 Å². The van der Waals surface area contributed by atoms with Crippen LogP contribution in [0, 0.1) is 17.8 Å². The average molecular weight is 294 g/mol. The zero-order valence-corrected chi connectivity index (χ0v) is 14.0. The molecule has 2 fully saturated rings. The van der Waals surface area contributed by atoms with Gasteiger partial charge in [0.2, 0.25) is 0 Å². The monoisotopic (exact) mass is 293 g/mol. The van der Waals surface area contributed by atoms with E-state index in [2.05, 4.69) is 26.0 Å². The second kappa shape index (κ2) is 5.97. The van der Waals surface area contributed by atoms with E-state index in [4.69, 9.17) is 17.3 Å². The lowest BCUT2D eigenvalue weighted by Crippen LogP contribution is -2.25. The standard InChI is InChI=1S/C16H22ClN.C2H6/c1-10-5-13-6-11(2)9-16(13,8-10)12-3-4-15(18)14(17)7-12;1-2/h3-4,7,10-11,13H,5-6,8-9,18H2,1-2H3;1-2H3. The van der Waals surface area contributed by atoms with Crippen LogP contribution in [0.2, 0.25) is 5.02 Å². The van der Waals surface area contributed by atoms with Crippen molar-refractivity contribution < 1.29 is 0 Å². The van der Waals surface area contributed by atoms with Gasteiger partial charge in [-0.3, -0.25) is 0 Å². The molecule has 3 rings (SSSR count). The number of halogens is 1. The Labute approximate surface area is 128 Å². The van der Waals surface area contributed by atoms with Crippen molar-refractivity contribution in [2.75, 3.05) is 5.73 Å². The summed E-state index contributed by atoms with van der Waals surface area (Å²) in [5, 5.41) is 0.722. The lowest BCUT2D eigenvalue weighted by Gasteiger charge is -2.31. The van der Waals surface area contributed by atoms with E-state index >= 15 is 0 Å². The van der Waals surface area contributed by atoms with Crippen molar-refractivity contribution in [3.8, 4) is 0 Å². The van der Waals surface area contributed by atoms with Crippen molar-refractivity contribution in [3.63, 3.8) is 0 Å². The first-order valence-electron chi connectivity index (χ1n) is 8.07. The van der Waals surface area contributed by atoms with Crippen LogP contribution >= 0.6 is 11.6 Å². The number of anilines is 1. The van der Waals surface area contributed by atoms with E-state index in [-0.39, 0.29) is 0 Å². The molecule has 2 unspecified atom stereocenters. The number of nitrogen functional groups attached to an aromatic ring is 1. The van der Waals surface area contributed by atoms with Gasteiger partial charge in [-0.25, -0.2) is 0 Å². The third-order valence-corrected chi connectivity index (χ3v) is 5.48. The molecule has 0 saturated heterocycles. The number of rotatable bonds is 1. The molecule has 20 heavy (non-hydrogen) atoms. The van der Waals surface area contributed by atoms with Crippen molar-refractivity contribution >= 4 is 17.3 Å². The molecule has 2 aliphatic carbocycles. The van der Waals surface area contributed by atoms with Gasteiger partial charge in [-0.1, -0.05) is 45.4 Å². The van der Waals surface area contributed by atoms with Gasteiger partial charge < -0.3 is 5.73 Å². The molecule has 0 bridgehead atoms. The number of benzene rings is 1. The van der Waals surface area contributed by atoms with Crippen LogP contribution in [0.25, 0.3) is 0 Å². The summed E-state index contributed by atoms with van der Waals surface area (Å²) in [5.74, 6) is 2.54. The molecule has 1 aromatic carbocycles. The molecule has 2 heteroatoms. The first-order chi connectivity index (χ1) is 9.51. The second-order valence-electron chi connectivity index (χ2n) is 6.68. The summed E-state index contributed by atoms with van der Waals surface area (Å²) in [6.07, 6.45) is 5.41. The van der Waals surface area contributed by atoms with Crippen LogP contribution in [0.15, 0.2) is 18.2 Å². The third kappa shape index (κ3) is 2.57. The van der Waals surface area contributed by atoms with Crippen LogP contribution < -0.4 is 5.73 Å². The third-order valence-electron chi connectivity index (χ3n) is 5.16. The molecule has 1 nitrogen and oxygen atoms in total. The minimum absolute atomic E-state index is 0.385. The Morgan fingerprint density at radius 3 is 2.15 bits per heavy atom. The largest absolute Gasteiger partial charge is 0.398 e. The molecular formula is C18H28ClN. The zero-order valence-electron chi connectivity index (χ0n) is 13.2. The Bertz CT molecular complexity index is 454. The fourth-order valence-corrected chi connectivity index (χ4v) is 4.83. The van der Waals surface area contributed by atoms with Crippen molar-refractivity contribution in [1.82, 2.24) is 0 Å². The topological polar surface area (TPSA) is 26.0 Å². The molecule has 2 saturated carbocycles. The number of hydrogen-bond donors (Lipinski definition) is 1. The van der Waals surface area contributed by atoms with Gasteiger partial charge in [0.15, 0.2) is 0 Å². The summed E-state index contributed by atoms with van der Waals surface area (Å²) in [4.78, 5) is 0. The van der Waals surface area contributed by atoms with Crippen molar-refractivity contribution in [2.45, 2.75) is 58.8 Å². The molecule has 1 aromatic rings. The quantitative estimate of drug-likeness (QED) is 0.664. The van der Waals surface area contributed by atoms with E-state index in [0.29, 0.717) is 11.1 Å². The summed E-state index contributed by atoms with van der Waals surface area (Å²) in [5.41, 5.74) is 8.36. The fraction of sp³-hybridized carbons (Fsp3) is 0.667. The molecule has 0 spiro atoms. The molecular weight excluding hydrogens is 266 g/mol. The van der Waals surface area contributed by atoms with Gasteiger partial charge >= 0.3 is 0 Å². The Hall–Kier alpha value is -0.690. The normalized spacial score (nSPS) is 35.4. The summed E-state index contributed by atoms with van der Waals surface area (Å²) < 4.78 is 0. The summed E-state index contributed by atoms with van der Waals surface area (Å²) >= 11 is 6.23. The Balaban J connectivity index is 0.000000704. The number of hydrogen-bond acceptors (Lipinski definition) is 1. The van der Waals surface area contributed by atoms with Crippen LogP contribution in [-0.2, 0) is 5.41 Å². The highest BCUT2D eigenvalue weighted by atomic mass is 35.5. The fourth-order valence-electron chi connectivity index (χ4n) is 4.65. The number of fused-ring (bicyclic) bond motifs is 1. The van der Waals surface area contributed by atoms with E-state index in [9.17, 15) is 0 Å². The van der Waals surface area contributed by atoms with Gasteiger partial charge in [0.05, 0.1) is 10.7 Å². The maximum absolute atomic E-state index is 6.23. The maximum atomic E-state index is 6.23. The van der Waals surface area contributed by atoms with Crippen LogP contribution in [0.3, 0.4) is 0 Å². The summed E-state index contributed by atoms with van der Waals surface area (Å²) in [7, 11) is 0. The molecule has 0 heterocycles. The molecule has 2 aliphatic rings. The SMILES string of the molecule is CC.CC1CC2CC(C)CC2(c2ccc(N)c(Cl)c2)C1. The predicted octanol–water partition coefficient (Wildman–Crippen LogP) is 5.66. The van der Waals surface area contributed by atoms with Crippen LogP contribution in [-0.4, -0.2) is 0 Å². The molecule has 0 aliphatic heterocycles. The first-order valence-corrected chi connectivity index (χ1v) is 8.44. The van der Waals surface area contributed by atoms with Crippen LogP contribution in [0.1, 0.15) is 58.9 Å². The van der Waals surface area contributed by atoms with Gasteiger partial charge in [-0.2, -0.15) is 0 Å². The first kappa shape index (κ1) is 15.7. The van der Waals surface area contributed by atoms with E-state index in [0.717, 1.165) is 22.8 Å². The number of nitrogens with two attached hydrogens (primary N) is 1. The minimum atomic E-state index is 0.385. The van der Waals surface area contributed by atoms with E-state index < -0.39 is 0 Å². The van der Waals surface area contributed by atoms with Gasteiger partial charge in [-0.05, 0) is 66.5 Å². The van der Waals surface area contributed by atoms with Gasteiger partial charge in [0.1, 0.15) is 0 Å². The molecule has 2 N–H and O–H groups in total. The Kier molecular flexibility index (Phi) is 4.69. The lowest BCUT2D eigenvalue weighted by molar-refractivity contribution is 0.364. The van der Waals surface area contributed by atoms with E-state index in [1.54, 1.807) is 0 Å². The average Bonchev–Trinajstić information content (AvgIpc) is 2.87. The highest BCUT2D eigenvalue weighted by Crippen LogP contribution is 2.59.